The first-order valence-corrected chi connectivity index (χ1v) is 8.88. The number of alkyl halides is 2. The van der Waals surface area contributed by atoms with Gasteiger partial charge < -0.3 is 9.51 Å². The highest BCUT2D eigenvalue weighted by Gasteiger charge is 2.35. The second-order valence-electron chi connectivity index (χ2n) is 7.07. The maximum Gasteiger partial charge on any atom is 0.335 e. The van der Waals surface area contributed by atoms with E-state index in [9.17, 15) is 23.5 Å². The number of carboxylic acids is 1. The zero-order valence-electron chi connectivity index (χ0n) is 14.9. The van der Waals surface area contributed by atoms with E-state index in [1.807, 2.05) is 0 Å². The predicted molar refractivity (Wildman–Crippen MR) is 92.1 cm³/mol. The van der Waals surface area contributed by atoms with Crippen molar-refractivity contribution >= 4 is 17.4 Å². The van der Waals surface area contributed by atoms with E-state index in [2.05, 4.69) is 4.98 Å². The molecule has 0 aromatic carbocycles. The maximum atomic E-state index is 13.4. The Morgan fingerprint density at radius 2 is 1.96 bits per heavy atom. The molecule has 26 heavy (non-hydrogen) atoms. The number of fused-ring (bicyclic) bond motifs is 1. The van der Waals surface area contributed by atoms with Crippen molar-refractivity contribution in [3.8, 4) is 0 Å². The van der Waals surface area contributed by atoms with Crippen molar-refractivity contribution < 1.29 is 23.5 Å². The highest BCUT2D eigenvalue weighted by atomic mass is 19.3. The van der Waals surface area contributed by atoms with Crippen molar-refractivity contribution in [1.82, 2.24) is 9.38 Å². The van der Waals surface area contributed by atoms with Crippen LogP contribution in [0.5, 0.6) is 0 Å². The number of carbonyl (C=O) groups excluding carboxylic acids is 1. The van der Waals surface area contributed by atoms with Crippen LogP contribution >= 0.6 is 0 Å². The standard InChI is InChI=1S/C19H22F2N2O3/c1-3-15(24)17-14(9-12-4-6-19(20,21)7-5-12)23-11(2)8-13(18(25)26)10-16(23)22-17/h8,10,12H,3-7,9H2,1-2H3,(H,25,26). The van der Waals surface area contributed by atoms with E-state index < -0.39 is 11.9 Å². The minimum atomic E-state index is -2.59. The van der Waals surface area contributed by atoms with Crippen LogP contribution in [0, 0.1) is 12.8 Å². The second-order valence-corrected chi connectivity index (χ2v) is 7.07. The van der Waals surface area contributed by atoms with E-state index in [4.69, 9.17) is 0 Å². The van der Waals surface area contributed by atoms with Gasteiger partial charge in [-0.1, -0.05) is 6.92 Å². The van der Waals surface area contributed by atoms with Gasteiger partial charge in [-0.3, -0.25) is 4.79 Å². The Morgan fingerprint density at radius 1 is 1.31 bits per heavy atom. The Balaban J connectivity index is 2.04. The summed E-state index contributed by atoms with van der Waals surface area (Å²) in [6, 6.07) is 2.98. The number of nitrogens with zero attached hydrogens (tertiary/aromatic N) is 2. The zero-order chi connectivity index (χ0) is 19.1. The maximum absolute atomic E-state index is 13.4. The average Bonchev–Trinajstić information content (AvgIpc) is 2.95. The molecule has 0 radical (unpaired) electrons. The molecular weight excluding hydrogens is 342 g/mol. The number of aromatic carboxylic acids is 1. The van der Waals surface area contributed by atoms with Crippen LogP contribution in [0.3, 0.4) is 0 Å². The molecule has 0 aliphatic heterocycles. The van der Waals surface area contributed by atoms with Gasteiger partial charge in [-0.2, -0.15) is 0 Å². The van der Waals surface area contributed by atoms with Gasteiger partial charge in [-0.15, -0.1) is 0 Å². The summed E-state index contributed by atoms with van der Waals surface area (Å²) in [7, 11) is 0. The molecule has 0 spiro atoms. The quantitative estimate of drug-likeness (QED) is 0.803. The third-order valence-electron chi connectivity index (χ3n) is 5.15. The summed E-state index contributed by atoms with van der Waals surface area (Å²) in [5.41, 5.74) is 2.22. The summed E-state index contributed by atoms with van der Waals surface area (Å²) < 4.78 is 28.7. The first kappa shape index (κ1) is 18.5. The molecule has 5 nitrogen and oxygen atoms in total. The Labute approximate surface area is 150 Å². The molecule has 1 aliphatic carbocycles. The third-order valence-corrected chi connectivity index (χ3v) is 5.15. The van der Waals surface area contributed by atoms with E-state index >= 15 is 0 Å². The molecule has 1 N–H and O–H groups in total. The second kappa shape index (κ2) is 6.78. The number of Topliss-reactive ketones (excluding diaryl/α,β-unsaturated/α-hetero) is 1. The predicted octanol–water partition coefficient (Wildman–Crippen LogP) is 4.30. The lowest BCUT2D eigenvalue weighted by Crippen LogP contribution is -2.26. The van der Waals surface area contributed by atoms with Gasteiger partial charge in [0.2, 0.25) is 5.92 Å². The number of hydrogen-bond acceptors (Lipinski definition) is 3. The fraction of sp³-hybridized carbons (Fsp3) is 0.526. The Hall–Kier alpha value is -2.31. The fourth-order valence-corrected chi connectivity index (χ4v) is 3.71. The molecule has 1 fully saturated rings. The van der Waals surface area contributed by atoms with Crippen molar-refractivity contribution in [2.24, 2.45) is 5.92 Å². The lowest BCUT2D eigenvalue weighted by Gasteiger charge is -2.28. The average molecular weight is 364 g/mol. The summed E-state index contributed by atoms with van der Waals surface area (Å²) in [6.45, 7) is 3.51. The van der Waals surface area contributed by atoms with Crippen LogP contribution in [-0.2, 0) is 6.42 Å². The summed E-state index contributed by atoms with van der Waals surface area (Å²) in [5, 5.41) is 9.24. The fourth-order valence-electron chi connectivity index (χ4n) is 3.71. The largest absolute Gasteiger partial charge is 0.478 e. The minimum Gasteiger partial charge on any atom is -0.478 e. The smallest absolute Gasteiger partial charge is 0.335 e. The number of carbonyl (C=O) groups is 2. The SMILES string of the molecule is CCC(=O)c1nc2cc(C(=O)O)cc(C)n2c1CC1CCC(F)(F)CC1. The number of rotatable bonds is 5. The van der Waals surface area contributed by atoms with Crippen LogP contribution < -0.4 is 0 Å². The third kappa shape index (κ3) is 3.48. The van der Waals surface area contributed by atoms with Gasteiger partial charge in [0.15, 0.2) is 5.78 Å². The molecule has 0 saturated heterocycles. The topological polar surface area (TPSA) is 71.7 Å². The van der Waals surface area contributed by atoms with E-state index in [1.54, 1.807) is 18.2 Å². The number of pyridine rings is 1. The van der Waals surface area contributed by atoms with Crippen molar-refractivity contribution in [2.45, 2.75) is 58.3 Å². The molecule has 140 valence electrons. The summed E-state index contributed by atoms with van der Waals surface area (Å²) >= 11 is 0. The first-order chi connectivity index (χ1) is 12.2. The first-order valence-electron chi connectivity index (χ1n) is 8.88. The monoisotopic (exact) mass is 364 g/mol. The molecule has 2 heterocycles. The Morgan fingerprint density at radius 3 is 2.54 bits per heavy atom. The van der Waals surface area contributed by atoms with Crippen molar-refractivity contribution in [3.63, 3.8) is 0 Å². The molecule has 0 unspecified atom stereocenters. The molecular formula is C19H22F2N2O3. The molecule has 3 rings (SSSR count). The zero-order valence-corrected chi connectivity index (χ0v) is 14.9. The van der Waals surface area contributed by atoms with E-state index in [1.165, 1.54) is 12.1 Å². The molecule has 7 heteroatoms. The minimum absolute atomic E-state index is 0.0662. The van der Waals surface area contributed by atoms with Crippen molar-refractivity contribution in [3.05, 3.63) is 34.8 Å². The number of ketones is 1. The number of imidazole rings is 1. The summed E-state index contributed by atoms with van der Waals surface area (Å²) in [4.78, 5) is 28.0. The van der Waals surface area contributed by atoms with Crippen LogP contribution in [0.4, 0.5) is 8.78 Å². The highest BCUT2D eigenvalue weighted by molar-refractivity contribution is 5.96. The number of aromatic nitrogens is 2. The van der Waals surface area contributed by atoms with Gasteiger partial charge in [-0.25, -0.2) is 18.6 Å². The number of carboxylic acid groups (broad SMARTS) is 1. The van der Waals surface area contributed by atoms with Crippen molar-refractivity contribution in [2.75, 3.05) is 0 Å². The van der Waals surface area contributed by atoms with Gasteiger partial charge >= 0.3 is 5.97 Å². The molecule has 2 aromatic heterocycles. The molecule has 0 atom stereocenters. The molecule has 2 aromatic rings. The Kier molecular flexibility index (Phi) is 4.82. The summed E-state index contributed by atoms with van der Waals surface area (Å²) in [6.07, 6.45) is 1.33. The van der Waals surface area contributed by atoms with Crippen LogP contribution in [0.25, 0.3) is 5.65 Å². The van der Waals surface area contributed by atoms with E-state index in [0.717, 1.165) is 0 Å². The van der Waals surface area contributed by atoms with E-state index in [-0.39, 0.29) is 36.5 Å². The van der Waals surface area contributed by atoms with Gasteiger partial charge in [-0.05, 0) is 44.2 Å². The van der Waals surface area contributed by atoms with Gasteiger partial charge in [0.05, 0.1) is 11.3 Å². The lowest BCUT2D eigenvalue weighted by atomic mass is 9.83. The van der Waals surface area contributed by atoms with Gasteiger partial charge in [0, 0.05) is 25.0 Å². The molecule has 1 aliphatic rings. The molecule has 0 bridgehead atoms. The number of halogens is 2. The van der Waals surface area contributed by atoms with Crippen LogP contribution in [-0.4, -0.2) is 32.2 Å². The van der Waals surface area contributed by atoms with Crippen molar-refractivity contribution in [1.29, 1.82) is 0 Å². The number of aryl methyl sites for hydroxylation is 1. The highest BCUT2D eigenvalue weighted by Crippen LogP contribution is 2.38. The lowest BCUT2D eigenvalue weighted by molar-refractivity contribution is -0.0457. The molecule has 1 saturated carbocycles. The number of hydrogen-bond donors (Lipinski definition) is 1. The van der Waals surface area contributed by atoms with Gasteiger partial charge in [0.25, 0.3) is 0 Å². The normalized spacial score (nSPS) is 17.5. The van der Waals surface area contributed by atoms with Crippen LogP contribution in [0.2, 0.25) is 0 Å². The van der Waals surface area contributed by atoms with Crippen LogP contribution in [0.15, 0.2) is 12.1 Å². The van der Waals surface area contributed by atoms with Gasteiger partial charge in [0.1, 0.15) is 11.3 Å². The molecule has 0 amide bonds. The van der Waals surface area contributed by atoms with E-state index in [0.29, 0.717) is 42.0 Å². The Bertz CT molecular complexity index is 863. The van der Waals surface area contributed by atoms with Crippen LogP contribution in [0.1, 0.15) is 71.3 Å². The summed E-state index contributed by atoms with van der Waals surface area (Å²) in [5.74, 6) is -3.71.